The minimum Gasteiger partial charge on any atom is -0.445 e. The molecule has 25 heavy (non-hydrogen) atoms. The maximum atomic E-state index is 11.7. The molecule has 5 nitrogen and oxygen atoms in total. The van der Waals surface area contributed by atoms with Gasteiger partial charge in [0.15, 0.2) is 0 Å². The van der Waals surface area contributed by atoms with Gasteiger partial charge < -0.3 is 15.0 Å². The molecule has 0 aliphatic carbocycles. The van der Waals surface area contributed by atoms with E-state index in [2.05, 4.69) is 39.4 Å². The Labute approximate surface area is 149 Å². The predicted octanol–water partition coefficient (Wildman–Crippen LogP) is 2.74. The molecule has 0 atom stereocenters. The normalized spacial score (nSPS) is 15.0. The number of amides is 1. The second kappa shape index (κ2) is 9.08. The number of nitrogens with one attached hydrogen (secondary N) is 1. The third-order valence-corrected chi connectivity index (χ3v) is 4.40. The van der Waals surface area contributed by atoms with E-state index in [0.29, 0.717) is 13.2 Å². The highest BCUT2D eigenvalue weighted by atomic mass is 16.5. The van der Waals surface area contributed by atoms with Crippen LogP contribution in [0.15, 0.2) is 60.7 Å². The van der Waals surface area contributed by atoms with Gasteiger partial charge in [0.2, 0.25) is 0 Å². The van der Waals surface area contributed by atoms with Crippen molar-refractivity contribution in [1.82, 2.24) is 10.2 Å². The molecule has 1 heterocycles. The number of hydrogen-bond acceptors (Lipinski definition) is 4. The van der Waals surface area contributed by atoms with Crippen LogP contribution in [0.2, 0.25) is 0 Å². The maximum absolute atomic E-state index is 11.7. The number of hydrogen-bond donors (Lipinski definition) is 1. The quantitative estimate of drug-likeness (QED) is 0.879. The van der Waals surface area contributed by atoms with Gasteiger partial charge in [-0.2, -0.15) is 0 Å². The molecule has 1 N–H and O–H groups in total. The van der Waals surface area contributed by atoms with Crippen LogP contribution in [-0.2, 0) is 11.3 Å². The third kappa shape index (κ3) is 5.50. The molecular formula is C20H25N3O2. The Morgan fingerprint density at radius 3 is 2.24 bits per heavy atom. The molecule has 0 bridgehead atoms. The Morgan fingerprint density at radius 1 is 0.920 bits per heavy atom. The Bertz CT molecular complexity index is 641. The van der Waals surface area contributed by atoms with Gasteiger partial charge in [0.05, 0.1) is 0 Å². The van der Waals surface area contributed by atoms with Gasteiger partial charge in [-0.05, 0) is 17.7 Å². The first-order valence-corrected chi connectivity index (χ1v) is 8.78. The third-order valence-electron chi connectivity index (χ3n) is 4.40. The van der Waals surface area contributed by atoms with Gasteiger partial charge in [0, 0.05) is 45.0 Å². The van der Waals surface area contributed by atoms with Crippen LogP contribution in [0.1, 0.15) is 5.56 Å². The molecular weight excluding hydrogens is 314 g/mol. The molecule has 1 aliphatic rings. The topological polar surface area (TPSA) is 44.8 Å². The predicted molar refractivity (Wildman–Crippen MR) is 99.7 cm³/mol. The number of ether oxygens (including phenoxy) is 1. The average molecular weight is 339 g/mol. The van der Waals surface area contributed by atoms with Gasteiger partial charge in [-0.3, -0.25) is 4.90 Å². The molecule has 0 spiro atoms. The summed E-state index contributed by atoms with van der Waals surface area (Å²) in [7, 11) is 0. The number of para-hydroxylation sites is 1. The molecule has 132 valence electrons. The molecule has 1 saturated heterocycles. The number of carbonyl (C=O) groups is 1. The number of rotatable bonds is 6. The summed E-state index contributed by atoms with van der Waals surface area (Å²) in [6, 6.07) is 20.2. The van der Waals surface area contributed by atoms with Crippen LogP contribution < -0.4 is 10.2 Å². The molecule has 5 heteroatoms. The molecule has 0 aromatic heterocycles. The molecule has 2 aromatic rings. The van der Waals surface area contributed by atoms with Crippen LogP contribution in [0.4, 0.5) is 10.5 Å². The van der Waals surface area contributed by atoms with Gasteiger partial charge in [-0.25, -0.2) is 4.79 Å². The zero-order valence-electron chi connectivity index (χ0n) is 14.4. The lowest BCUT2D eigenvalue weighted by atomic mass is 10.2. The van der Waals surface area contributed by atoms with Crippen molar-refractivity contribution in [2.75, 3.05) is 44.2 Å². The van der Waals surface area contributed by atoms with Crippen LogP contribution >= 0.6 is 0 Å². The van der Waals surface area contributed by atoms with E-state index < -0.39 is 0 Å². The molecule has 1 amide bonds. The van der Waals surface area contributed by atoms with Crippen LogP contribution in [0.25, 0.3) is 0 Å². The second-order valence-electron chi connectivity index (χ2n) is 6.15. The fraction of sp³-hybridized carbons (Fsp3) is 0.350. The van der Waals surface area contributed by atoms with Gasteiger partial charge >= 0.3 is 6.09 Å². The summed E-state index contributed by atoms with van der Waals surface area (Å²) in [6.07, 6.45) is -0.355. The summed E-state index contributed by atoms with van der Waals surface area (Å²) in [5.41, 5.74) is 2.28. The van der Waals surface area contributed by atoms with E-state index in [-0.39, 0.29) is 6.09 Å². The molecule has 0 saturated carbocycles. The first kappa shape index (κ1) is 17.3. The first-order valence-electron chi connectivity index (χ1n) is 8.78. The molecule has 0 radical (unpaired) electrons. The number of nitrogens with zero attached hydrogens (tertiary/aromatic N) is 2. The van der Waals surface area contributed by atoms with Crippen LogP contribution in [0, 0.1) is 0 Å². The monoisotopic (exact) mass is 339 g/mol. The second-order valence-corrected chi connectivity index (χ2v) is 6.15. The maximum Gasteiger partial charge on any atom is 0.407 e. The van der Waals surface area contributed by atoms with E-state index in [1.165, 1.54) is 5.69 Å². The summed E-state index contributed by atoms with van der Waals surface area (Å²) in [4.78, 5) is 16.5. The van der Waals surface area contributed by atoms with Crippen molar-refractivity contribution in [3.05, 3.63) is 66.2 Å². The molecule has 0 unspecified atom stereocenters. The van der Waals surface area contributed by atoms with Crippen molar-refractivity contribution in [3.8, 4) is 0 Å². The fourth-order valence-electron chi connectivity index (χ4n) is 2.96. The van der Waals surface area contributed by atoms with Gasteiger partial charge in [-0.1, -0.05) is 48.5 Å². The Kier molecular flexibility index (Phi) is 6.29. The summed E-state index contributed by atoms with van der Waals surface area (Å²) in [6.45, 7) is 5.82. The average Bonchev–Trinajstić information content (AvgIpc) is 2.68. The van der Waals surface area contributed by atoms with E-state index >= 15 is 0 Å². The highest BCUT2D eigenvalue weighted by Crippen LogP contribution is 2.15. The summed E-state index contributed by atoms with van der Waals surface area (Å²) >= 11 is 0. The van der Waals surface area contributed by atoms with Gasteiger partial charge in [-0.15, -0.1) is 0 Å². The number of piperazine rings is 1. The van der Waals surface area contributed by atoms with E-state index in [1.807, 2.05) is 36.4 Å². The number of carbonyl (C=O) groups excluding carboxylic acids is 1. The SMILES string of the molecule is O=C(NCCN1CCN(c2ccccc2)CC1)OCc1ccccc1. The number of benzene rings is 2. The summed E-state index contributed by atoms with van der Waals surface area (Å²) in [5.74, 6) is 0. The van der Waals surface area contributed by atoms with Crippen LogP contribution in [0.3, 0.4) is 0 Å². The standard InChI is InChI=1S/C20H25N3O2/c24-20(25-17-18-7-3-1-4-8-18)21-11-12-22-13-15-23(16-14-22)19-9-5-2-6-10-19/h1-10H,11-17H2,(H,21,24). The number of alkyl carbamates (subject to hydrolysis) is 1. The molecule has 3 rings (SSSR count). The highest BCUT2D eigenvalue weighted by molar-refractivity contribution is 5.67. The Balaban J connectivity index is 1.30. The first-order chi connectivity index (χ1) is 12.3. The van der Waals surface area contributed by atoms with Crippen molar-refractivity contribution < 1.29 is 9.53 Å². The lowest BCUT2D eigenvalue weighted by Gasteiger charge is -2.36. The van der Waals surface area contributed by atoms with Crippen molar-refractivity contribution in [1.29, 1.82) is 0 Å². The number of anilines is 1. The van der Waals surface area contributed by atoms with E-state index in [0.717, 1.165) is 38.3 Å². The lowest BCUT2D eigenvalue weighted by Crippen LogP contribution is -2.48. The van der Waals surface area contributed by atoms with Crippen LogP contribution in [0.5, 0.6) is 0 Å². The minimum absolute atomic E-state index is 0.308. The smallest absolute Gasteiger partial charge is 0.407 e. The van der Waals surface area contributed by atoms with Crippen molar-refractivity contribution in [2.45, 2.75) is 6.61 Å². The van der Waals surface area contributed by atoms with Crippen molar-refractivity contribution in [3.63, 3.8) is 0 Å². The Hall–Kier alpha value is -2.53. The van der Waals surface area contributed by atoms with Gasteiger partial charge in [0.25, 0.3) is 0 Å². The van der Waals surface area contributed by atoms with Crippen molar-refractivity contribution in [2.24, 2.45) is 0 Å². The summed E-state index contributed by atoms with van der Waals surface area (Å²) < 4.78 is 5.22. The molecule has 1 aliphatic heterocycles. The fourth-order valence-corrected chi connectivity index (χ4v) is 2.96. The van der Waals surface area contributed by atoms with E-state index in [1.54, 1.807) is 0 Å². The zero-order valence-corrected chi connectivity index (χ0v) is 14.4. The zero-order chi connectivity index (χ0) is 17.3. The van der Waals surface area contributed by atoms with Crippen molar-refractivity contribution >= 4 is 11.8 Å². The van der Waals surface area contributed by atoms with E-state index in [9.17, 15) is 4.79 Å². The van der Waals surface area contributed by atoms with Crippen LogP contribution in [-0.4, -0.2) is 50.3 Å². The lowest BCUT2D eigenvalue weighted by molar-refractivity contribution is 0.137. The van der Waals surface area contributed by atoms with E-state index in [4.69, 9.17) is 4.74 Å². The van der Waals surface area contributed by atoms with Gasteiger partial charge in [0.1, 0.15) is 6.61 Å². The molecule has 2 aromatic carbocycles. The summed E-state index contributed by atoms with van der Waals surface area (Å²) in [5, 5.41) is 2.83. The highest BCUT2D eigenvalue weighted by Gasteiger charge is 2.16. The molecule has 1 fully saturated rings. The Morgan fingerprint density at radius 2 is 1.56 bits per heavy atom. The minimum atomic E-state index is -0.355. The largest absolute Gasteiger partial charge is 0.445 e.